The summed E-state index contributed by atoms with van der Waals surface area (Å²) >= 11 is 0. The molecule has 17 heavy (non-hydrogen) atoms. The first-order chi connectivity index (χ1) is 8.04. The summed E-state index contributed by atoms with van der Waals surface area (Å²) in [5.41, 5.74) is 0.00718. The fourth-order valence-electron chi connectivity index (χ4n) is 1.35. The molecule has 0 unspecified atom stereocenters. The van der Waals surface area contributed by atoms with Gasteiger partial charge in [-0.05, 0) is 18.4 Å². The summed E-state index contributed by atoms with van der Waals surface area (Å²) in [7, 11) is 1.73. The molecule has 0 spiro atoms. The van der Waals surface area contributed by atoms with Crippen LogP contribution in [-0.4, -0.2) is 23.5 Å². The highest BCUT2D eigenvalue weighted by Gasteiger charge is 2.15. The molecule has 6 nitrogen and oxygen atoms in total. The van der Waals surface area contributed by atoms with E-state index in [2.05, 4.69) is 29.5 Å². The Morgan fingerprint density at radius 2 is 2.18 bits per heavy atom. The molecule has 0 saturated heterocycles. The maximum absolute atomic E-state index is 10.8. The first kappa shape index (κ1) is 13.2. The fourth-order valence-corrected chi connectivity index (χ4v) is 1.35. The number of anilines is 2. The topological polar surface area (TPSA) is 80.1 Å². The molecule has 0 aliphatic carbocycles. The van der Waals surface area contributed by atoms with Crippen LogP contribution in [0.5, 0.6) is 0 Å². The molecule has 6 heteroatoms. The fraction of sp³-hybridized carbons (Fsp3) is 0.545. The van der Waals surface area contributed by atoms with Crippen LogP contribution in [0.2, 0.25) is 0 Å². The van der Waals surface area contributed by atoms with Gasteiger partial charge in [-0.1, -0.05) is 13.8 Å². The van der Waals surface area contributed by atoms with Gasteiger partial charge in [0.25, 0.3) is 0 Å². The lowest BCUT2D eigenvalue weighted by Crippen LogP contribution is -2.09. The zero-order valence-electron chi connectivity index (χ0n) is 10.4. The van der Waals surface area contributed by atoms with Crippen LogP contribution in [0.25, 0.3) is 0 Å². The summed E-state index contributed by atoms with van der Waals surface area (Å²) in [5, 5.41) is 16.7. The maximum Gasteiger partial charge on any atom is 0.311 e. The third-order valence-corrected chi connectivity index (χ3v) is 2.34. The van der Waals surface area contributed by atoms with Crippen molar-refractivity contribution in [3.63, 3.8) is 0 Å². The van der Waals surface area contributed by atoms with Crippen molar-refractivity contribution in [2.24, 2.45) is 5.92 Å². The lowest BCUT2D eigenvalue weighted by Gasteiger charge is -2.09. The van der Waals surface area contributed by atoms with Gasteiger partial charge < -0.3 is 10.6 Å². The number of hydrogen-bond acceptors (Lipinski definition) is 5. The van der Waals surface area contributed by atoms with Gasteiger partial charge in [-0.15, -0.1) is 0 Å². The van der Waals surface area contributed by atoms with Crippen LogP contribution in [0, 0.1) is 16.0 Å². The average molecular weight is 238 g/mol. The van der Waals surface area contributed by atoms with Gasteiger partial charge in [-0.25, -0.2) is 4.98 Å². The average Bonchev–Trinajstić information content (AvgIpc) is 2.28. The predicted molar refractivity (Wildman–Crippen MR) is 68.4 cm³/mol. The van der Waals surface area contributed by atoms with E-state index in [0.717, 1.165) is 6.42 Å². The number of rotatable bonds is 6. The zero-order chi connectivity index (χ0) is 12.8. The van der Waals surface area contributed by atoms with Crippen molar-refractivity contribution in [2.45, 2.75) is 20.3 Å². The van der Waals surface area contributed by atoms with Crippen LogP contribution in [0.1, 0.15) is 20.3 Å². The van der Waals surface area contributed by atoms with E-state index in [9.17, 15) is 10.1 Å². The smallest absolute Gasteiger partial charge is 0.311 e. The van der Waals surface area contributed by atoms with Crippen molar-refractivity contribution in [3.05, 3.63) is 22.2 Å². The molecule has 1 rings (SSSR count). The van der Waals surface area contributed by atoms with Crippen molar-refractivity contribution in [3.8, 4) is 0 Å². The Hall–Kier alpha value is -1.85. The Morgan fingerprint density at radius 3 is 2.71 bits per heavy atom. The van der Waals surface area contributed by atoms with Gasteiger partial charge in [0.2, 0.25) is 5.82 Å². The molecule has 2 N–H and O–H groups in total. The quantitative estimate of drug-likeness (QED) is 0.588. The van der Waals surface area contributed by atoms with E-state index < -0.39 is 4.92 Å². The Morgan fingerprint density at radius 1 is 1.47 bits per heavy atom. The summed E-state index contributed by atoms with van der Waals surface area (Å²) in [6, 6.07) is 3.04. The normalized spacial score (nSPS) is 10.4. The van der Waals surface area contributed by atoms with Crippen molar-refractivity contribution in [1.29, 1.82) is 0 Å². The Labute approximate surface area is 101 Å². The second kappa shape index (κ2) is 6.03. The first-order valence-electron chi connectivity index (χ1n) is 5.61. The van der Waals surface area contributed by atoms with Crippen LogP contribution >= 0.6 is 0 Å². The minimum Gasteiger partial charge on any atom is -0.373 e. The lowest BCUT2D eigenvalue weighted by atomic mass is 10.1. The third kappa shape index (κ3) is 3.90. The summed E-state index contributed by atoms with van der Waals surface area (Å²) in [6.07, 6.45) is 0.947. The zero-order valence-corrected chi connectivity index (χ0v) is 10.4. The molecule has 1 heterocycles. The predicted octanol–water partition coefficient (Wildman–Crippen LogP) is 2.49. The lowest BCUT2D eigenvalue weighted by molar-refractivity contribution is -0.384. The molecule has 0 atom stereocenters. The maximum atomic E-state index is 10.8. The largest absolute Gasteiger partial charge is 0.373 e. The highest BCUT2D eigenvalue weighted by molar-refractivity contribution is 5.60. The molecular formula is C11H18N4O2. The van der Waals surface area contributed by atoms with Gasteiger partial charge in [-0.2, -0.15) is 0 Å². The molecular weight excluding hydrogens is 220 g/mol. The minimum absolute atomic E-state index is 0.00718. The number of nitro groups is 1. The molecule has 1 aromatic heterocycles. The summed E-state index contributed by atoms with van der Waals surface area (Å²) in [6.45, 7) is 4.89. The van der Waals surface area contributed by atoms with Gasteiger partial charge >= 0.3 is 5.69 Å². The van der Waals surface area contributed by atoms with E-state index in [1.807, 2.05) is 0 Å². The molecule has 94 valence electrons. The Bertz CT molecular complexity index is 393. The van der Waals surface area contributed by atoms with E-state index in [-0.39, 0.29) is 5.69 Å². The second-order valence-corrected chi connectivity index (χ2v) is 4.18. The van der Waals surface area contributed by atoms with Crippen LogP contribution < -0.4 is 10.6 Å². The van der Waals surface area contributed by atoms with Crippen LogP contribution in [0.15, 0.2) is 12.1 Å². The van der Waals surface area contributed by atoms with Gasteiger partial charge in [-0.3, -0.25) is 10.1 Å². The van der Waals surface area contributed by atoms with Crippen LogP contribution in [-0.2, 0) is 0 Å². The molecule has 0 saturated carbocycles. The number of aromatic nitrogens is 1. The molecule has 0 radical (unpaired) electrons. The van der Waals surface area contributed by atoms with E-state index in [0.29, 0.717) is 24.1 Å². The van der Waals surface area contributed by atoms with Gasteiger partial charge in [0.1, 0.15) is 5.82 Å². The van der Waals surface area contributed by atoms with E-state index in [1.165, 1.54) is 6.07 Å². The highest BCUT2D eigenvalue weighted by atomic mass is 16.6. The van der Waals surface area contributed by atoms with Crippen molar-refractivity contribution in [2.75, 3.05) is 24.2 Å². The third-order valence-electron chi connectivity index (χ3n) is 2.34. The molecule has 0 fully saturated rings. The molecule has 0 amide bonds. The minimum atomic E-state index is -0.426. The molecule has 0 aromatic carbocycles. The number of pyridine rings is 1. The monoisotopic (exact) mass is 238 g/mol. The molecule has 0 aliphatic rings. The van der Waals surface area contributed by atoms with Gasteiger partial charge in [0, 0.05) is 19.7 Å². The summed E-state index contributed by atoms with van der Waals surface area (Å²) in [5.74, 6) is 1.49. The number of nitrogens with one attached hydrogen (secondary N) is 2. The second-order valence-electron chi connectivity index (χ2n) is 4.18. The Balaban J connectivity index is 2.82. The van der Waals surface area contributed by atoms with Crippen LogP contribution in [0.3, 0.4) is 0 Å². The molecule has 1 aromatic rings. The first-order valence-corrected chi connectivity index (χ1v) is 5.61. The van der Waals surface area contributed by atoms with E-state index >= 15 is 0 Å². The van der Waals surface area contributed by atoms with E-state index in [1.54, 1.807) is 13.1 Å². The summed E-state index contributed by atoms with van der Waals surface area (Å²) < 4.78 is 0. The van der Waals surface area contributed by atoms with Crippen molar-refractivity contribution in [1.82, 2.24) is 4.98 Å². The highest BCUT2D eigenvalue weighted by Crippen LogP contribution is 2.23. The van der Waals surface area contributed by atoms with Crippen molar-refractivity contribution < 1.29 is 4.92 Å². The number of hydrogen-bond donors (Lipinski definition) is 2. The van der Waals surface area contributed by atoms with E-state index in [4.69, 9.17) is 0 Å². The SMILES string of the molecule is CNc1ccc([N+](=O)[O-])c(NCCC(C)C)n1. The summed E-state index contributed by atoms with van der Waals surface area (Å²) in [4.78, 5) is 14.5. The van der Waals surface area contributed by atoms with Crippen LogP contribution in [0.4, 0.5) is 17.3 Å². The standard InChI is InChI=1S/C11H18N4O2/c1-8(2)6-7-13-11-9(15(16)17)4-5-10(12-3)14-11/h4-5,8H,6-7H2,1-3H3,(H2,12,13,14). The molecule has 0 aliphatic heterocycles. The molecule has 0 bridgehead atoms. The Kier molecular flexibility index (Phi) is 4.68. The van der Waals surface area contributed by atoms with Crippen molar-refractivity contribution >= 4 is 17.3 Å². The van der Waals surface area contributed by atoms with Gasteiger partial charge in [0.15, 0.2) is 0 Å². The number of nitrogens with zero attached hydrogens (tertiary/aromatic N) is 2. The van der Waals surface area contributed by atoms with Gasteiger partial charge in [0.05, 0.1) is 4.92 Å².